The average Bonchev–Trinajstić information content (AvgIpc) is 3.47. The maximum Gasteiger partial charge on any atom is 0.306 e. The Morgan fingerprint density at radius 3 is 0.756 bits per heavy atom. The standard InChI is InChI=1S/C76H134O6/c1-4-7-10-13-16-19-22-25-28-30-32-34-36-37-38-39-41-42-44-46-48-51-54-57-60-63-66-69-75(78)81-72-73(71-80-74(77)68-65-62-59-56-53-50-27-24-21-18-15-12-9-6-3)82-76(79)70-67-64-61-58-55-52-49-47-45-43-40-35-33-31-29-26-23-20-17-14-11-8-5-2/h8,11,17,20,26,29-30,32-33,35,43,45,49,52,73H,4-7,9-10,12-16,18-19,21-25,27-28,31,34,36-42,44,46-48,50-51,53-72H2,1-3H3/b11-8-,20-17-,29-26-,32-30-,35-33-,45-43-,52-49-. The molecule has 474 valence electrons. The summed E-state index contributed by atoms with van der Waals surface area (Å²) in [6.45, 7) is 6.56. The van der Waals surface area contributed by atoms with Crippen LogP contribution in [0.25, 0.3) is 0 Å². The molecule has 0 aromatic rings. The molecule has 0 aliphatic heterocycles. The molecule has 0 spiro atoms. The van der Waals surface area contributed by atoms with Crippen molar-refractivity contribution in [1.29, 1.82) is 0 Å². The van der Waals surface area contributed by atoms with Gasteiger partial charge in [-0.3, -0.25) is 14.4 Å². The van der Waals surface area contributed by atoms with Crippen molar-refractivity contribution in [3.8, 4) is 0 Å². The highest BCUT2D eigenvalue weighted by atomic mass is 16.6. The van der Waals surface area contributed by atoms with Gasteiger partial charge in [0, 0.05) is 19.3 Å². The Kier molecular flexibility index (Phi) is 67.2. The van der Waals surface area contributed by atoms with E-state index in [0.29, 0.717) is 19.3 Å². The SMILES string of the molecule is CC/C=C\C/C=C\C/C=C\C/C=C\C/C=C\C/C=C\CCCCCCC(=O)OC(COC(=O)CCCCCCCCCCCCCCCC)COC(=O)CCCCCCCCCCCCCCCCC/C=C\CCCCCCCCCC. The molecule has 0 rings (SSSR count). The van der Waals surface area contributed by atoms with Crippen LogP contribution in [0.1, 0.15) is 361 Å². The van der Waals surface area contributed by atoms with Gasteiger partial charge in [0.1, 0.15) is 13.2 Å². The minimum Gasteiger partial charge on any atom is -0.462 e. The molecule has 0 radical (unpaired) electrons. The zero-order valence-corrected chi connectivity index (χ0v) is 54.5. The van der Waals surface area contributed by atoms with E-state index in [2.05, 4.69) is 106 Å². The number of carbonyl (C=O) groups excluding carboxylic acids is 3. The number of carbonyl (C=O) groups is 3. The van der Waals surface area contributed by atoms with Gasteiger partial charge < -0.3 is 14.2 Å². The van der Waals surface area contributed by atoms with Crippen LogP contribution in [0.5, 0.6) is 0 Å². The van der Waals surface area contributed by atoms with E-state index in [0.717, 1.165) is 109 Å². The third kappa shape index (κ3) is 67.4. The molecule has 6 nitrogen and oxygen atoms in total. The van der Waals surface area contributed by atoms with E-state index >= 15 is 0 Å². The molecule has 0 saturated heterocycles. The molecule has 0 aromatic heterocycles. The highest BCUT2D eigenvalue weighted by molar-refractivity contribution is 5.71. The van der Waals surface area contributed by atoms with Gasteiger partial charge in [-0.1, -0.05) is 331 Å². The first-order chi connectivity index (χ1) is 40.5. The van der Waals surface area contributed by atoms with Crippen LogP contribution in [0, 0.1) is 0 Å². The van der Waals surface area contributed by atoms with E-state index in [4.69, 9.17) is 14.2 Å². The number of ether oxygens (including phenoxy) is 3. The van der Waals surface area contributed by atoms with E-state index in [9.17, 15) is 14.4 Å². The van der Waals surface area contributed by atoms with Crippen LogP contribution in [-0.2, 0) is 28.6 Å². The Balaban J connectivity index is 4.32. The number of esters is 3. The quantitative estimate of drug-likeness (QED) is 0.0261. The minimum atomic E-state index is -0.790. The maximum atomic E-state index is 12.9. The number of unbranched alkanes of at least 4 members (excludes halogenated alkanes) is 40. The highest BCUT2D eigenvalue weighted by Crippen LogP contribution is 2.18. The summed E-state index contributed by atoms with van der Waals surface area (Å²) in [6, 6.07) is 0. The molecular formula is C76H134O6. The molecule has 1 atom stereocenters. The molecule has 6 heteroatoms. The summed E-state index contributed by atoms with van der Waals surface area (Å²) >= 11 is 0. The van der Waals surface area contributed by atoms with Gasteiger partial charge in [0.25, 0.3) is 0 Å². The zero-order chi connectivity index (χ0) is 59.2. The van der Waals surface area contributed by atoms with Crippen molar-refractivity contribution in [2.24, 2.45) is 0 Å². The van der Waals surface area contributed by atoms with E-state index in [-0.39, 0.29) is 31.1 Å². The molecule has 0 bridgehead atoms. The van der Waals surface area contributed by atoms with Crippen molar-refractivity contribution in [2.45, 2.75) is 367 Å². The number of allylic oxidation sites excluding steroid dienone is 14. The molecule has 0 amide bonds. The average molecular weight is 1140 g/mol. The number of rotatable bonds is 65. The molecular weight excluding hydrogens is 1010 g/mol. The number of hydrogen-bond acceptors (Lipinski definition) is 6. The fourth-order valence-electron chi connectivity index (χ4n) is 10.3. The maximum absolute atomic E-state index is 12.9. The Hall–Kier alpha value is -3.41. The normalized spacial score (nSPS) is 12.6. The van der Waals surface area contributed by atoms with Crippen molar-refractivity contribution in [2.75, 3.05) is 13.2 Å². The van der Waals surface area contributed by atoms with Crippen LogP contribution >= 0.6 is 0 Å². The van der Waals surface area contributed by atoms with E-state index < -0.39 is 6.10 Å². The first kappa shape index (κ1) is 78.6. The van der Waals surface area contributed by atoms with Crippen LogP contribution in [0.15, 0.2) is 85.1 Å². The predicted octanol–water partition coefficient (Wildman–Crippen LogP) is 24.6. The van der Waals surface area contributed by atoms with Gasteiger partial charge in [0.05, 0.1) is 0 Å². The molecule has 1 unspecified atom stereocenters. The number of hydrogen-bond donors (Lipinski definition) is 0. The van der Waals surface area contributed by atoms with Crippen molar-refractivity contribution in [3.05, 3.63) is 85.1 Å². The lowest BCUT2D eigenvalue weighted by molar-refractivity contribution is -0.167. The third-order valence-corrected chi connectivity index (χ3v) is 15.6. The first-order valence-corrected chi connectivity index (χ1v) is 35.6. The molecule has 0 saturated carbocycles. The second-order valence-electron chi connectivity index (χ2n) is 23.8. The lowest BCUT2D eigenvalue weighted by Crippen LogP contribution is -2.30. The minimum absolute atomic E-state index is 0.0832. The van der Waals surface area contributed by atoms with Crippen molar-refractivity contribution >= 4 is 17.9 Å². The summed E-state index contributed by atoms with van der Waals surface area (Å²) < 4.78 is 17.0. The summed E-state index contributed by atoms with van der Waals surface area (Å²) in [4.78, 5) is 38.4. The molecule has 82 heavy (non-hydrogen) atoms. The molecule has 0 aliphatic carbocycles. The molecule has 0 fully saturated rings. The third-order valence-electron chi connectivity index (χ3n) is 15.6. The second kappa shape index (κ2) is 70.1. The summed E-state index contributed by atoms with van der Waals surface area (Å²) in [7, 11) is 0. The predicted molar refractivity (Wildman–Crippen MR) is 358 cm³/mol. The van der Waals surface area contributed by atoms with E-state index in [1.165, 1.54) is 212 Å². The Morgan fingerprint density at radius 1 is 0.256 bits per heavy atom. The fourth-order valence-corrected chi connectivity index (χ4v) is 10.3. The fraction of sp³-hybridized carbons (Fsp3) is 0.776. The van der Waals surface area contributed by atoms with Gasteiger partial charge in [-0.15, -0.1) is 0 Å². The van der Waals surface area contributed by atoms with Crippen LogP contribution in [0.2, 0.25) is 0 Å². The van der Waals surface area contributed by atoms with Gasteiger partial charge in [0.2, 0.25) is 0 Å². The molecule has 0 N–H and O–H groups in total. The molecule has 0 heterocycles. The van der Waals surface area contributed by atoms with Crippen LogP contribution < -0.4 is 0 Å². The molecule has 0 aromatic carbocycles. The topological polar surface area (TPSA) is 78.9 Å². The largest absolute Gasteiger partial charge is 0.462 e. The Labute approximate surface area is 509 Å². The highest BCUT2D eigenvalue weighted by Gasteiger charge is 2.19. The molecule has 0 aliphatic rings. The van der Waals surface area contributed by atoms with Crippen LogP contribution in [-0.4, -0.2) is 37.2 Å². The monoisotopic (exact) mass is 1140 g/mol. The van der Waals surface area contributed by atoms with E-state index in [1.54, 1.807) is 0 Å². The van der Waals surface area contributed by atoms with E-state index in [1.807, 2.05) is 0 Å². The van der Waals surface area contributed by atoms with Gasteiger partial charge in [-0.2, -0.15) is 0 Å². The summed E-state index contributed by atoms with van der Waals surface area (Å²) in [5, 5.41) is 0. The van der Waals surface area contributed by atoms with Gasteiger partial charge >= 0.3 is 17.9 Å². The summed E-state index contributed by atoms with van der Waals surface area (Å²) in [5.41, 5.74) is 0. The van der Waals surface area contributed by atoms with Crippen molar-refractivity contribution in [3.63, 3.8) is 0 Å². The lowest BCUT2D eigenvalue weighted by Gasteiger charge is -2.18. The Morgan fingerprint density at radius 2 is 0.476 bits per heavy atom. The zero-order valence-electron chi connectivity index (χ0n) is 54.5. The summed E-state index contributed by atoms with van der Waals surface area (Å²) in [6.07, 6.45) is 93.2. The van der Waals surface area contributed by atoms with Gasteiger partial charge in [0.15, 0.2) is 6.10 Å². The van der Waals surface area contributed by atoms with Gasteiger partial charge in [-0.25, -0.2) is 0 Å². The van der Waals surface area contributed by atoms with Crippen LogP contribution in [0.4, 0.5) is 0 Å². The van der Waals surface area contributed by atoms with Crippen molar-refractivity contribution < 1.29 is 28.6 Å². The Bertz CT molecular complexity index is 1550. The summed E-state index contributed by atoms with van der Waals surface area (Å²) in [5.74, 6) is -0.888. The van der Waals surface area contributed by atoms with Gasteiger partial charge in [-0.05, 0) is 96.3 Å². The second-order valence-corrected chi connectivity index (χ2v) is 23.8. The smallest absolute Gasteiger partial charge is 0.306 e. The lowest BCUT2D eigenvalue weighted by atomic mass is 10.0. The first-order valence-electron chi connectivity index (χ1n) is 35.6. The van der Waals surface area contributed by atoms with Crippen LogP contribution in [0.3, 0.4) is 0 Å². The van der Waals surface area contributed by atoms with Crippen molar-refractivity contribution in [1.82, 2.24) is 0 Å².